The van der Waals surface area contributed by atoms with Crippen molar-refractivity contribution in [3.05, 3.63) is 69.9 Å². The lowest BCUT2D eigenvalue weighted by Crippen LogP contribution is -3.03. The van der Waals surface area contributed by atoms with Gasteiger partial charge in [0.2, 0.25) is 0 Å². The molecule has 29 heavy (non-hydrogen) atoms. The summed E-state index contributed by atoms with van der Waals surface area (Å²) >= 11 is 0. The van der Waals surface area contributed by atoms with Gasteiger partial charge in [0.1, 0.15) is 18.3 Å². The predicted molar refractivity (Wildman–Crippen MR) is 98.5 cm³/mol. The molecule has 0 aromatic heterocycles. The van der Waals surface area contributed by atoms with Crippen LogP contribution in [-0.4, -0.2) is 30.5 Å². The molecular formula is C20H17F3N2O4. The Labute approximate surface area is 164 Å². The minimum absolute atomic E-state index is 0.0131. The summed E-state index contributed by atoms with van der Waals surface area (Å²) in [6.07, 6.45) is -4.33. The van der Waals surface area contributed by atoms with Crippen LogP contribution in [-0.2, 0) is 17.5 Å². The molecule has 2 aromatic rings. The Morgan fingerprint density at radius 3 is 2.69 bits per heavy atom. The van der Waals surface area contributed by atoms with E-state index in [0.717, 1.165) is 6.07 Å². The molecule has 152 valence electrons. The quantitative estimate of drug-likeness (QED) is 0.768. The average Bonchev–Trinajstić information content (AvgIpc) is 3.07. The van der Waals surface area contributed by atoms with E-state index in [0.29, 0.717) is 16.8 Å². The summed E-state index contributed by atoms with van der Waals surface area (Å²) in [5, 5.41) is 21.4. The Kier molecular flexibility index (Phi) is 4.81. The van der Waals surface area contributed by atoms with E-state index >= 15 is 0 Å². The lowest BCUT2D eigenvalue weighted by Gasteiger charge is -2.31. The van der Waals surface area contributed by atoms with Gasteiger partial charge in [-0.1, -0.05) is 18.2 Å². The van der Waals surface area contributed by atoms with Crippen LogP contribution in [0.2, 0.25) is 0 Å². The molecule has 1 saturated heterocycles. The summed E-state index contributed by atoms with van der Waals surface area (Å²) in [6, 6.07) is 9.95. The molecular weight excluding hydrogens is 389 g/mol. The third-order valence-corrected chi connectivity index (χ3v) is 4.99. The van der Waals surface area contributed by atoms with E-state index in [9.17, 15) is 23.2 Å². The summed E-state index contributed by atoms with van der Waals surface area (Å²) < 4.78 is 45.0. The van der Waals surface area contributed by atoms with Crippen LogP contribution in [0.5, 0.6) is 0 Å². The first kappa shape index (κ1) is 19.4. The molecule has 2 heterocycles. The molecule has 6 nitrogen and oxygen atoms in total. The van der Waals surface area contributed by atoms with Crippen molar-refractivity contribution in [3.8, 4) is 0 Å². The fourth-order valence-corrected chi connectivity index (χ4v) is 3.58. The number of halogens is 3. The third-order valence-electron chi connectivity index (χ3n) is 4.99. The van der Waals surface area contributed by atoms with Crippen molar-refractivity contribution < 1.29 is 32.9 Å². The van der Waals surface area contributed by atoms with Crippen LogP contribution in [0.3, 0.4) is 0 Å². The molecule has 0 saturated carbocycles. The van der Waals surface area contributed by atoms with Gasteiger partial charge in [0.25, 0.3) is 0 Å². The lowest BCUT2D eigenvalue weighted by molar-refractivity contribution is -0.784. The van der Waals surface area contributed by atoms with Crippen LogP contribution in [0.15, 0.2) is 42.5 Å². The van der Waals surface area contributed by atoms with Crippen molar-refractivity contribution in [1.29, 1.82) is 0 Å². The van der Waals surface area contributed by atoms with Gasteiger partial charge in [0.05, 0.1) is 18.7 Å². The van der Waals surface area contributed by atoms with Crippen molar-refractivity contribution in [2.24, 2.45) is 0 Å². The molecule has 1 fully saturated rings. The van der Waals surface area contributed by atoms with Gasteiger partial charge in [0, 0.05) is 22.9 Å². The number of hydrogen-bond acceptors (Lipinski definition) is 4. The van der Waals surface area contributed by atoms with Crippen LogP contribution >= 0.6 is 0 Å². The SMILES string of the molecule is O=C1OC(CO)CN1c1ccc2c(c1)C[NH+]([O-])C(c1ccccc1C(F)(F)F)=C2. The van der Waals surface area contributed by atoms with Gasteiger partial charge < -0.3 is 20.1 Å². The van der Waals surface area contributed by atoms with Crippen molar-refractivity contribution >= 4 is 23.6 Å². The lowest BCUT2D eigenvalue weighted by atomic mass is 9.96. The Balaban J connectivity index is 1.70. The smallest absolute Gasteiger partial charge is 0.417 e. The summed E-state index contributed by atoms with van der Waals surface area (Å²) in [6.45, 7) is -0.188. The number of alkyl halides is 3. The molecule has 0 bridgehead atoms. The monoisotopic (exact) mass is 406 g/mol. The molecule has 2 atom stereocenters. The van der Waals surface area contributed by atoms with Gasteiger partial charge in [-0.3, -0.25) is 4.90 Å². The van der Waals surface area contributed by atoms with Gasteiger partial charge >= 0.3 is 12.3 Å². The van der Waals surface area contributed by atoms with Crippen LogP contribution < -0.4 is 9.96 Å². The van der Waals surface area contributed by atoms with E-state index in [2.05, 4.69) is 0 Å². The largest absolute Gasteiger partial charge is 0.629 e. The first-order chi connectivity index (χ1) is 13.8. The fourth-order valence-electron chi connectivity index (χ4n) is 3.58. The standard InChI is InChI=1S/C20H17F3N2O4/c21-20(22,23)17-4-2-1-3-16(17)18-8-12-5-6-14(7-13(12)9-25(18)28)24-10-15(11-26)29-19(24)27/h1-8,15,25-26H,9-11H2. The van der Waals surface area contributed by atoms with E-state index in [1.54, 1.807) is 18.2 Å². The van der Waals surface area contributed by atoms with E-state index < -0.39 is 29.0 Å². The Morgan fingerprint density at radius 2 is 2.00 bits per heavy atom. The van der Waals surface area contributed by atoms with Crippen molar-refractivity contribution in [2.75, 3.05) is 18.1 Å². The molecule has 4 rings (SSSR count). The molecule has 1 amide bonds. The highest BCUT2D eigenvalue weighted by Gasteiger charge is 2.36. The number of amides is 1. The molecule has 2 N–H and O–H groups in total. The fraction of sp³-hybridized carbons (Fsp3) is 0.250. The van der Waals surface area contributed by atoms with Gasteiger partial charge in [0.15, 0.2) is 0 Å². The maximum Gasteiger partial charge on any atom is 0.417 e. The second-order valence-corrected chi connectivity index (χ2v) is 6.88. The number of nitrogens with one attached hydrogen (secondary N) is 1. The third kappa shape index (κ3) is 3.59. The highest BCUT2D eigenvalue weighted by Crippen LogP contribution is 2.35. The summed E-state index contributed by atoms with van der Waals surface area (Å²) in [4.78, 5) is 13.3. The molecule has 2 aromatic carbocycles. The number of ether oxygens (including phenoxy) is 1. The number of benzene rings is 2. The average molecular weight is 406 g/mol. The number of carbonyl (C=O) groups is 1. The maximum absolute atomic E-state index is 13.3. The molecule has 0 aliphatic carbocycles. The highest BCUT2D eigenvalue weighted by atomic mass is 19.4. The zero-order chi connectivity index (χ0) is 20.8. The molecule has 9 heteroatoms. The topological polar surface area (TPSA) is 77.3 Å². The molecule has 0 spiro atoms. The normalized spacial score (nSPS) is 21.6. The second kappa shape index (κ2) is 7.18. The van der Waals surface area contributed by atoms with E-state index in [1.165, 1.54) is 29.2 Å². The Bertz CT molecular complexity index is 990. The van der Waals surface area contributed by atoms with Gasteiger partial charge in [-0.05, 0) is 29.8 Å². The number of carbonyl (C=O) groups excluding carboxylic acids is 1. The number of aliphatic hydroxyl groups is 1. The highest BCUT2D eigenvalue weighted by molar-refractivity contribution is 5.90. The maximum atomic E-state index is 13.3. The zero-order valence-electron chi connectivity index (χ0n) is 15.1. The number of aliphatic hydroxyl groups excluding tert-OH is 1. The summed E-state index contributed by atoms with van der Waals surface area (Å²) in [5.41, 5.74) is 0.750. The summed E-state index contributed by atoms with van der Waals surface area (Å²) in [5.74, 6) is 0. The first-order valence-electron chi connectivity index (χ1n) is 8.91. The second-order valence-electron chi connectivity index (χ2n) is 6.88. The number of rotatable bonds is 3. The molecule has 2 aliphatic heterocycles. The van der Waals surface area contributed by atoms with E-state index in [1.807, 2.05) is 0 Å². The minimum atomic E-state index is -4.57. The number of quaternary nitrogens is 1. The van der Waals surface area contributed by atoms with E-state index in [-0.39, 0.29) is 31.0 Å². The van der Waals surface area contributed by atoms with Crippen molar-refractivity contribution in [2.45, 2.75) is 18.8 Å². The minimum Gasteiger partial charge on any atom is -0.629 e. The van der Waals surface area contributed by atoms with Crippen LogP contribution in [0, 0.1) is 5.21 Å². The number of cyclic esters (lactones) is 1. The van der Waals surface area contributed by atoms with E-state index in [4.69, 9.17) is 9.84 Å². The number of hydrogen-bond donors (Lipinski definition) is 2. The Hall–Kier alpha value is -2.88. The molecule has 2 aliphatic rings. The van der Waals surface area contributed by atoms with Crippen molar-refractivity contribution in [3.63, 3.8) is 0 Å². The zero-order valence-corrected chi connectivity index (χ0v) is 15.1. The number of anilines is 1. The van der Waals surface area contributed by atoms with Crippen molar-refractivity contribution in [1.82, 2.24) is 0 Å². The molecule has 0 radical (unpaired) electrons. The van der Waals surface area contributed by atoms with Crippen LogP contribution in [0.4, 0.5) is 23.7 Å². The van der Waals surface area contributed by atoms with Gasteiger partial charge in [-0.25, -0.2) is 4.79 Å². The van der Waals surface area contributed by atoms with Crippen LogP contribution in [0.25, 0.3) is 11.8 Å². The number of nitrogens with zero attached hydrogens (tertiary/aromatic N) is 1. The molecule has 2 unspecified atom stereocenters. The number of hydroxylamine groups is 2. The van der Waals surface area contributed by atoms with Gasteiger partial charge in [-0.15, -0.1) is 0 Å². The number of fused-ring (bicyclic) bond motifs is 1. The van der Waals surface area contributed by atoms with Gasteiger partial charge in [-0.2, -0.15) is 13.2 Å². The predicted octanol–water partition coefficient (Wildman–Crippen LogP) is 2.42. The Morgan fingerprint density at radius 1 is 1.24 bits per heavy atom. The summed E-state index contributed by atoms with van der Waals surface area (Å²) in [7, 11) is 0. The van der Waals surface area contributed by atoms with Crippen LogP contribution in [0.1, 0.15) is 22.3 Å². The first-order valence-corrected chi connectivity index (χ1v) is 8.91.